The molecule has 0 aliphatic rings. The van der Waals surface area contributed by atoms with E-state index in [1.165, 1.54) is 16.7 Å². The third-order valence-electron chi connectivity index (χ3n) is 2.91. The summed E-state index contributed by atoms with van der Waals surface area (Å²) >= 11 is 0. The van der Waals surface area contributed by atoms with E-state index in [0.717, 1.165) is 18.5 Å². The molecule has 1 heterocycles. The Morgan fingerprint density at radius 3 is 2.53 bits per heavy atom. The molecule has 2 aromatic rings. The molecule has 0 fully saturated rings. The molecule has 2 N–H and O–H groups in total. The second kappa shape index (κ2) is 5.60. The molecule has 0 unspecified atom stereocenters. The summed E-state index contributed by atoms with van der Waals surface area (Å²) < 4.78 is 0. The van der Waals surface area contributed by atoms with Crippen LogP contribution in [0.25, 0.3) is 0 Å². The van der Waals surface area contributed by atoms with Gasteiger partial charge in [0.15, 0.2) is 0 Å². The highest BCUT2D eigenvalue weighted by atomic mass is 14.7. The van der Waals surface area contributed by atoms with Crippen LogP contribution in [0.4, 0.5) is 0 Å². The van der Waals surface area contributed by atoms with Crippen LogP contribution in [0.1, 0.15) is 29.3 Å². The first kappa shape index (κ1) is 11.8. The van der Waals surface area contributed by atoms with Gasteiger partial charge >= 0.3 is 0 Å². The summed E-state index contributed by atoms with van der Waals surface area (Å²) in [6.07, 6.45) is 3.87. The van der Waals surface area contributed by atoms with Gasteiger partial charge in [-0.3, -0.25) is 4.98 Å². The number of hydrogen-bond acceptors (Lipinski definition) is 2. The van der Waals surface area contributed by atoms with Crippen LogP contribution >= 0.6 is 0 Å². The first-order valence-electron chi connectivity index (χ1n) is 6.03. The van der Waals surface area contributed by atoms with E-state index in [1.54, 1.807) is 0 Å². The molecule has 0 atom stereocenters. The fraction of sp³-hybridized carbons (Fsp3) is 0.267. The average Bonchev–Trinajstić information content (AvgIpc) is 2.40. The molecule has 2 nitrogen and oxygen atoms in total. The lowest BCUT2D eigenvalue weighted by Crippen LogP contribution is -1.98. The van der Waals surface area contributed by atoms with E-state index in [1.807, 2.05) is 6.20 Å². The highest BCUT2D eigenvalue weighted by Gasteiger charge is 1.99. The minimum Gasteiger partial charge on any atom is -0.326 e. The van der Waals surface area contributed by atoms with E-state index in [9.17, 15) is 0 Å². The Morgan fingerprint density at radius 1 is 1.06 bits per heavy atom. The summed E-state index contributed by atoms with van der Waals surface area (Å²) in [5, 5.41) is 0. The number of rotatable bonds is 4. The van der Waals surface area contributed by atoms with Crippen molar-refractivity contribution >= 4 is 0 Å². The van der Waals surface area contributed by atoms with Crippen LogP contribution in [0, 0.1) is 0 Å². The van der Waals surface area contributed by atoms with E-state index in [0.29, 0.717) is 6.54 Å². The van der Waals surface area contributed by atoms with Crippen LogP contribution in [0.5, 0.6) is 0 Å². The van der Waals surface area contributed by atoms with Crippen LogP contribution in [-0.4, -0.2) is 4.98 Å². The van der Waals surface area contributed by atoms with Crippen molar-refractivity contribution in [2.75, 3.05) is 0 Å². The smallest absolute Gasteiger partial charge is 0.0447 e. The standard InChI is InChI=1S/C15H18N2/c1-2-12-6-7-15(17-11-12)9-13-4-3-5-14(8-13)10-16/h3-8,11H,2,9-10,16H2,1H3. The van der Waals surface area contributed by atoms with Crippen LogP contribution < -0.4 is 5.73 Å². The van der Waals surface area contributed by atoms with Gasteiger partial charge in [-0.25, -0.2) is 0 Å². The summed E-state index contributed by atoms with van der Waals surface area (Å²) in [5.41, 5.74) is 10.5. The Bertz CT molecular complexity index is 475. The zero-order valence-electron chi connectivity index (χ0n) is 10.2. The Labute approximate surface area is 103 Å². The van der Waals surface area contributed by atoms with Crippen LogP contribution in [-0.2, 0) is 19.4 Å². The first-order valence-corrected chi connectivity index (χ1v) is 6.03. The second-order valence-electron chi connectivity index (χ2n) is 4.21. The van der Waals surface area contributed by atoms with Crippen LogP contribution in [0.15, 0.2) is 42.6 Å². The van der Waals surface area contributed by atoms with Gasteiger partial charge < -0.3 is 5.73 Å². The molecular weight excluding hydrogens is 208 g/mol. The van der Waals surface area contributed by atoms with Gasteiger partial charge in [0.1, 0.15) is 0 Å². The van der Waals surface area contributed by atoms with Crippen molar-refractivity contribution < 1.29 is 0 Å². The lowest BCUT2D eigenvalue weighted by Gasteiger charge is -2.04. The summed E-state index contributed by atoms with van der Waals surface area (Å²) in [5.74, 6) is 0. The van der Waals surface area contributed by atoms with E-state index >= 15 is 0 Å². The Hall–Kier alpha value is -1.67. The molecule has 0 radical (unpaired) electrons. The van der Waals surface area contributed by atoms with Gasteiger partial charge in [0, 0.05) is 24.9 Å². The molecule has 0 saturated carbocycles. The van der Waals surface area contributed by atoms with Crippen LogP contribution in [0.3, 0.4) is 0 Å². The number of aryl methyl sites for hydroxylation is 1. The zero-order valence-corrected chi connectivity index (χ0v) is 10.2. The van der Waals surface area contributed by atoms with E-state index in [4.69, 9.17) is 5.73 Å². The Kier molecular flexibility index (Phi) is 3.89. The van der Waals surface area contributed by atoms with Crippen molar-refractivity contribution in [3.05, 3.63) is 65.0 Å². The maximum absolute atomic E-state index is 5.63. The molecule has 2 rings (SSSR count). The molecular formula is C15H18N2. The molecule has 0 aliphatic carbocycles. The number of nitrogens with two attached hydrogens (primary N) is 1. The van der Waals surface area contributed by atoms with Gasteiger partial charge in [0.25, 0.3) is 0 Å². The van der Waals surface area contributed by atoms with Crippen molar-refractivity contribution in [2.24, 2.45) is 5.73 Å². The van der Waals surface area contributed by atoms with E-state index in [2.05, 4.69) is 48.3 Å². The van der Waals surface area contributed by atoms with Gasteiger partial charge in [-0.15, -0.1) is 0 Å². The maximum Gasteiger partial charge on any atom is 0.0447 e. The number of pyridine rings is 1. The molecule has 0 amide bonds. The Morgan fingerprint density at radius 2 is 1.88 bits per heavy atom. The van der Waals surface area contributed by atoms with E-state index in [-0.39, 0.29) is 0 Å². The molecule has 17 heavy (non-hydrogen) atoms. The number of hydrogen-bond donors (Lipinski definition) is 1. The number of benzene rings is 1. The summed E-state index contributed by atoms with van der Waals surface area (Å²) in [6.45, 7) is 2.73. The molecule has 0 bridgehead atoms. The van der Waals surface area contributed by atoms with Gasteiger partial charge in [0.05, 0.1) is 0 Å². The van der Waals surface area contributed by atoms with Crippen molar-refractivity contribution in [3.8, 4) is 0 Å². The lowest BCUT2D eigenvalue weighted by atomic mass is 10.1. The molecule has 2 heteroatoms. The van der Waals surface area contributed by atoms with Crippen molar-refractivity contribution in [2.45, 2.75) is 26.3 Å². The third-order valence-corrected chi connectivity index (χ3v) is 2.91. The SMILES string of the molecule is CCc1ccc(Cc2cccc(CN)c2)nc1. The fourth-order valence-corrected chi connectivity index (χ4v) is 1.84. The predicted molar refractivity (Wildman–Crippen MR) is 70.8 cm³/mol. The van der Waals surface area contributed by atoms with E-state index < -0.39 is 0 Å². The first-order chi connectivity index (χ1) is 8.31. The molecule has 88 valence electrons. The normalized spacial score (nSPS) is 10.5. The van der Waals surface area contributed by atoms with Gasteiger partial charge in [-0.2, -0.15) is 0 Å². The second-order valence-corrected chi connectivity index (χ2v) is 4.21. The zero-order chi connectivity index (χ0) is 12.1. The molecule has 1 aromatic heterocycles. The summed E-state index contributed by atoms with van der Waals surface area (Å²) in [6, 6.07) is 12.6. The monoisotopic (exact) mass is 226 g/mol. The summed E-state index contributed by atoms with van der Waals surface area (Å²) in [7, 11) is 0. The average molecular weight is 226 g/mol. The number of nitrogens with zero attached hydrogens (tertiary/aromatic N) is 1. The topological polar surface area (TPSA) is 38.9 Å². The quantitative estimate of drug-likeness (QED) is 0.870. The highest BCUT2D eigenvalue weighted by molar-refractivity contribution is 5.27. The maximum atomic E-state index is 5.63. The van der Waals surface area contributed by atoms with Crippen molar-refractivity contribution in [1.82, 2.24) is 4.98 Å². The minimum absolute atomic E-state index is 0.593. The minimum atomic E-state index is 0.593. The van der Waals surface area contributed by atoms with Crippen molar-refractivity contribution in [3.63, 3.8) is 0 Å². The fourth-order valence-electron chi connectivity index (χ4n) is 1.84. The highest BCUT2D eigenvalue weighted by Crippen LogP contribution is 2.10. The Balaban J connectivity index is 2.13. The molecule has 0 aliphatic heterocycles. The number of aromatic nitrogens is 1. The van der Waals surface area contributed by atoms with Crippen molar-refractivity contribution in [1.29, 1.82) is 0 Å². The van der Waals surface area contributed by atoms with Gasteiger partial charge in [0.2, 0.25) is 0 Å². The van der Waals surface area contributed by atoms with Gasteiger partial charge in [-0.05, 0) is 29.2 Å². The van der Waals surface area contributed by atoms with Gasteiger partial charge in [-0.1, -0.05) is 37.3 Å². The lowest BCUT2D eigenvalue weighted by molar-refractivity contribution is 1.02. The predicted octanol–water partition coefficient (Wildman–Crippen LogP) is 2.69. The molecule has 0 spiro atoms. The molecule has 0 saturated heterocycles. The largest absolute Gasteiger partial charge is 0.326 e. The molecule has 1 aromatic carbocycles. The third kappa shape index (κ3) is 3.14. The summed E-state index contributed by atoms with van der Waals surface area (Å²) in [4.78, 5) is 4.47. The van der Waals surface area contributed by atoms with Crippen LogP contribution in [0.2, 0.25) is 0 Å².